The minimum atomic E-state index is -1.17. The van der Waals surface area contributed by atoms with E-state index in [-0.39, 0.29) is 21.4 Å². The number of anilines is 1. The molecule has 1 amide bonds. The Morgan fingerprint density at radius 3 is 2.36 bits per heavy atom. The summed E-state index contributed by atoms with van der Waals surface area (Å²) in [4.78, 5) is 24.0. The molecule has 0 bridgehead atoms. The Labute approximate surface area is 171 Å². The van der Waals surface area contributed by atoms with Gasteiger partial charge in [0.05, 0.1) is 23.9 Å². The average Bonchev–Trinajstić information content (AvgIpc) is 2.67. The van der Waals surface area contributed by atoms with Crippen LogP contribution in [-0.2, 0) is 0 Å². The minimum Gasteiger partial charge on any atom is -0.496 e. The number of halogens is 1. The molecule has 0 saturated heterocycles. The van der Waals surface area contributed by atoms with Gasteiger partial charge in [-0.1, -0.05) is 35.9 Å². The zero-order valence-electron chi connectivity index (χ0n) is 14.7. The smallest absolute Gasteiger partial charge is 0.337 e. The summed E-state index contributed by atoms with van der Waals surface area (Å²) in [5.41, 5.74) is 0.458. The maximum atomic E-state index is 12.7. The Bertz CT molecular complexity index is 1100. The number of hydrogen-bond donors (Lipinski definition) is 3. The van der Waals surface area contributed by atoms with Crippen LogP contribution in [0.2, 0.25) is 5.02 Å². The first-order chi connectivity index (χ1) is 13.4. The highest BCUT2D eigenvalue weighted by Crippen LogP contribution is 2.26. The number of nitrogens with one attached hydrogen (secondary N) is 2. The van der Waals surface area contributed by atoms with E-state index in [1.54, 1.807) is 12.1 Å². The van der Waals surface area contributed by atoms with Gasteiger partial charge in [0, 0.05) is 5.02 Å². The molecule has 0 unspecified atom stereocenters. The van der Waals surface area contributed by atoms with Gasteiger partial charge in [-0.15, -0.1) is 0 Å². The van der Waals surface area contributed by atoms with Gasteiger partial charge >= 0.3 is 5.97 Å². The third-order valence-electron chi connectivity index (χ3n) is 4.00. The maximum absolute atomic E-state index is 12.7. The molecule has 3 aromatic carbocycles. The minimum absolute atomic E-state index is 0.0509. The van der Waals surface area contributed by atoms with Gasteiger partial charge in [-0.3, -0.25) is 10.1 Å². The zero-order valence-corrected chi connectivity index (χ0v) is 16.2. The standard InChI is InChI=1S/C20H15ClN2O4S/c1-27-17-9-12-5-3-2-4-11(12)8-15(17)18(24)23-20(28)22-16-7-6-13(21)10-14(16)19(25)26/h2-10H,1H3,(H,25,26)(H2,22,23,24,28). The first-order valence-corrected chi connectivity index (χ1v) is 8.89. The molecule has 8 heteroatoms. The first-order valence-electron chi connectivity index (χ1n) is 8.11. The van der Waals surface area contributed by atoms with Crippen LogP contribution in [0.5, 0.6) is 5.75 Å². The van der Waals surface area contributed by atoms with Crippen LogP contribution in [-0.4, -0.2) is 29.2 Å². The van der Waals surface area contributed by atoms with E-state index in [0.717, 1.165) is 10.8 Å². The molecule has 3 rings (SSSR count). The van der Waals surface area contributed by atoms with Crippen molar-refractivity contribution in [2.24, 2.45) is 0 Å². The largest absolute Gasteiger partial charge is 0.496 e. The van der Waals surface area contributed by atoms with Crippen LogP contribution < -0.4 is 15.4 Å². The van der Waals surface area contributed by atoms with Crippen molar-refractivity contribution < 1.29 is 19.4 Å². The summed E-state index contributed by atoms with van der Waals surface area (Å²) in [7, 11) is 1.48. The van der Waals surface area contributed by atoms with Crippen LogP contribution in [0.15, 0.2) is 54.6 Å². The number of carboxylic acids is 1. The molecule has 0 aliphatic heterocycles. The van der Waals surface area contributed by atoms with E-state index in [1.165, 1.54) is 25.3 Å². The molecule has 0 saturated carbocycles. The van der Waals surface area contributed by atoms with Crippen LogP contribution in [0.25, 0.3) is 10.8 Å². The molecule has 0 aliphatic rings. The van der Waals surface area contributed by atoms with E-state index in [2.05, 4.69) is 10.6 Å². The number of methoxy groups -OCH3 is 1. The highest BCUT2D eigenvalue weighted by atomic mass is 35.5. The Kier molecular flexibility index (Phi) is 5.77. The van der Waals surface area contributed by atoms with Crippen molar-refractivity contribution in [3.8, 4) is 5.75 Å². The number of ether oxygens (including phenoxy) is 1. The second-order valence-corrected chi connectivity index (χ2v) is 6.65. The van der Waals surface area contributed by atoms with Crippen LogP contribution in [0.1, 0.15) is 20.7 Å². The Hall–Kier alpha value is -3.16. The van der Waals surface area contributed by atoms with Crippen molar-refractivity contribution in [1.82, 2.24) is 5.32 Å². The van der Waals surface area contributed by atoms with Crippen molar-refractivity contribution in [3.05, 3.63) is 70.7 Å². The molecule has 28 heavy (non-hydrogen) atoms. The zero-order chi connectivity index (χ0) is 20.3. The molecule has 0 spiro atoms. The highest BCUT2D eigenvalue weighted by molar-refractivity contribution is 7.80. The normalized spacial score (nSPS) is 10.4. The predicted molar refractivity (Wildman–Crippen MR) is 113 cm³/mol. The number of amides is 1. The van der Waals surface area contributed by atoms with Crippen LogP contribution in [0.4, 0.5) is 5.69 Å². The Morgan fingerprint density at radius 1 is 1.04 bits per heavy atom. The van der Waals surface area contributed by atoms with Crippen molar-refractivity contribution >= 4 is 57.3 Å². The molecule has 0 aromatic heterocycles. The number of aromatic carboxylic acids is 1. The third-order valence-corrected chi connectivity index (χ3v) is 4.44. The third kappa shape index (κ3) is 4.21. The molecule has 0 radical (unpaired) electrons. The molecular weight excluding hydrogens is 400 g/mol. The fraction of sp³-hybridized carbons (Fsp3) is 0.0500. The fourth-order valence-corrected chi connectivity index (χ4v) is 3.07. The van der Waals surface area contributed by atoms with Gasteiger partial charge in [0.25, 0.3) is 5.91 Å². The van der Waals surface area contributed by atoms with Gasteiger partial charge < -0.3 is 15.2 Å². The van der Waals surface area contributed by atoms with Gasteiger partial charge in [0.15, 0.2) is 5.11 Å². The van der Waals surface area contributed by atoms with E-state index in [1.807, 2.05) is 24.3 Å². The van der Waals surface area contributed by atoms with Crippen LogP contribution >= 0.6 is 23.8 Å². The second kappa shape index (κ2) is 8.24. The van der Waals surface area contributed by atoms with E-state index in [4.69, 9.17) is 28.6 Å². The van der Waals surface area contributed by atoms with Gasteiger partial charge in [-0.25, -0.2) is 4.79 Å². The number of thiocarbonyl (C=S) groups is 1. The lowest BCUT2D eigenvalue weighted by molar-refractivity contribution is 0.0697. The Morgan fingerprint density at radius 2 is 1.71 bits per heavy atom. The summed E-state index contributed by atoms with van der Waals surface area (Å²) in [6.45, 7) is 0. The summed E-state index contributed by atoms with van der Waals surface area (Å²) < 4.78 is 5.32. The van der Waals surface area contributed by atoms with E-state index in [0.29, 0.717) is 11.3 Å². The molecule has 3 N–H and O–H groups in total. The van der Waals surface area contributed by atoms with E-state index >= 15 is 0 Å². The van der Waals surface area contributed by atoms with Crippen molar-refractivity contribution in [2.75, 3.05) is 12.4 Å². The van der Waals surface area contributed by atoms with Crippen molar-refractivity contribution in [2.45, 2.75) is 0 Å². The van der Waals surface area contributed by atoms with Crippen LogP contribution in [0, 0.1) is 0 Å². The summed E-state index contributed by atoms with van der Waals surface area (Å²) in [6.07, 6.45) is 0. The molecule has 0 heterocycles. The number of fused-ring (bicyclic) bond motifs is 1. The number of carboxylic acid groups (broad SMARTS) is 1. The van der Waals surface area contributed by atoms with Gasteiger partial charge in [-0.2, -0.15) is 0 Å². The number of rotatable bonds is 4. The lowest BCUT2D eigenvalue weighted by atomic mass is 10.1. The SMILES string of the molecule is COc1cc2ccccc2cc1C(=O)NC(=S)Nc1ccc(Cl)cc1C(=O)O. The number of hydrogen-bond acceptors (Lipinski definition) is 4. The van der Waals surface area contributed by atoms with Gasteiger partial charge in [0.1, 0.15) is 5.75 Å². The first kappa shape index (κ1) is 19.6. The maximum Gasteiger partial charge on any atom is 0.337 e. The quantitative estimate of drug-likeness (QED) is 0.551. The molecule has 6 nitrogen and oxygen atoms in total. The molecule has 3 aromatic rings. The second-order valence-electron chi connectivity index (χ2n) is 5.80. The van der Waals surface area contributed by atoms with Crippen LogP contribution in [0.3, 0.4) is 0 Å². The summed E-state index contributed by atoms with van der Waals surface area (Å²) in [6, 6.07) is 15.3. The number of benzene rings is 3. The highest BCUT2D eigenvalue weighted by Gasteiger charge is 2.17. The fourth-order valence-electron chi connectivity index (χ4n) is 2.69. The monoisotopic (exact) mass is 414 g/mol. The topological polar surface area (TPSA) is 87.7 Å². The van der Waals surface area contributed by atoms with E-state index < -0.39 is 11.9 Å². The molecule has 0 fully saturated rings. The number of carbonyl (C=O) groups is 2. The summed E-state index contributed by atoms with van der Waals surface area (Å²) >= 11 is 11.0. The van der Waals surface area contributed by atoms with E-state index in [9.17, 15) is 14.7 Å². The lowest BCUT2D eigenvalue weighted by Gasteiger charge is -2.14. The van der Waals surface area contributed by atoms with Gasteiger partial charge in [0.2, 0.25) is 0 Å². The summed E-state index contributed by atoms with van der Waals surface area (Å²) in [5, 5.41) is 16.6. The Balaban J connectivity index is 1.83. The molecule has 0 aliphatic carbocycles. The van der Waals surface area contributed by atoms with Crippen molar-refractivity contribution in [3.63, 3.8) is 0 Å². The molecule has 0 atom stereocenters. The number of carbonyl (C=O) groups excluding carboxylic acids is 1. The predicted octanol–water partition coefficient (Wildman–Crippen LogP) is 4.33. The summed E-state index contributed by atoms with van der Waals surface area (Å²) in [5.74, 6) is -1.25. The lowest BCUT2D eigenvalue weighted by Crippen LogP contribution is -2.34. The molecule has 142 valence electrons. The van der Waals surface area contributed by atoms with Gasteiger partial charge in [-0.05, 0) is 53.3 Å². The average molecular weight is 415 g/mol. The van der Waals surface area contributed by atoms with Crippen molar-refractivity contribution in [1.29, 1.82) is 0 Å². The molecular formula is C20H15ClN2O4S.